The summed E-state index contributed by atoms with van der Waals surface area (Å²) in [6, 6.07) is 6.02. The van der Waals surface area contributed by atoms with E-state index in [4.69, 9.17) is 4.74 Å². The third-order valence-corrected chi connectivity index (χ3v) is 1.83. The number of pyridine rings is 1. The molecule has 0 saturated carbocycles. The molecule has 0 spiro atoms. The molecule has 0 aliphatic heterocycles. The van der Waals surface area contributed by atoms with Crippen LogP contribution in [0.2, 0.25) is 0 Å². The van der Waals surface area contributed by atoms with E-state index >= 15 is 0 Å². The van der Waals surface area contributed by atoms with Crippen LogP contribution >= 0.6 is 0 Å². The first-order chi connectivity index (χ1) is 5.77. The Morgan fingerprint density at radius 1 is 1.50 bits per heavy atom. The van der Waals surface area contributed by atoms with Gasteiger partial charge in [0.1, 0.15) is 0 Å². The largest absolute Gasteiger partial charge is 0.481 e. The maximum Gasteiger partial charge on any atom is 0.213 e. The molecule has 0 saturated heterocycles. The number of methoxy groups -OCH3 is 1. The molecule has 0 fully saturated rings. The minimum absolute atomic E-state index is 0.264. The Morgan fingerprint density at radius 2 is 2.25 bits per heavy atom. The van der Waals surface area contributed by atoms with E-state index in [9.17, 15) is 0 Å². The summed E-state index contributed by atoms with van der Waals surface area (Å²) < 4.78 is 5.01. The second kappa shape index (κ2) is 4.07. The van der Waals surface area contributed by atoms with Gasteiger partial charge in [-0.1, -0.05) is 6.07 Å². The molecule has 12 heavy (non-hydrogen) atoms. The SMILES string of the molecule is CN[C@@H](C)c1cccc(OC)n1. The third kappa shape index (κ3) is 1.95. The zero-order valence-corrected chi connectivity index (χ0v) is 7.66. The summed E-state index contributed by atoms with van der Waals surface area (Å²) in [5.41, 5.74) is 0.997. The van der Waals surface area contributed by atoms with E-state index in [1.165, 1.54) is 0 Å². The van der Waals surface area contributed by atoms with Crippen molar-refractivity contribution in [1.29, 1.82) is 0 Å². The predicted octanol–water partition coefficient (Wildman–Crippen LogP) is 1.37. The van der Waals surface area contributed by atoms with E-state index in [0.29, 0.717) is 5.88 Å². The van der Waals surface area contributed by atoms with Crippen LogP contribution in [0.3, 0.4) is 0 Å². The summed E-state index contributed by atoms with van der Waals surface area (Å²) in [5.74, 6) is 0.662. The van der Waals surface area contributed by atoms with Crippen molar-refractivity contribution in [1.82, 2.24) is 10.3 Å². The van der Waals surface area contributed by atoms with Gasteiger partial charge in [-0.25, -0.2) is 4.98 Å². The monoisotopic (exact) mass is 166 g/mol. The van der Waals surface area contributed by atoms with Gasteiger partial charge < -0.3 is 10.1 Å². The normalized spacial score (nSPS) is 12.6. The van der Waals surface area contributed by atoms with Gasteiger partial charge in [0.05, 0.1) is 12.8 Å². The summed E-state index contributed by atoms with van der Waals surface area (Å²) >= 11 is 0. The molecule has 3 nitrogen and oxygen atoms in total. The smallest absolute Gasteiger partial charge is 0.213 e. The van der Waals surface area contributed by atoms with Crippen LogP contribution in [0.4, 0.5) is 0 Å². The van der Waals surface area contributed by atoms with Crippen molar-refractivity contribution < 1.29 is 4.74 Å². The maximum atomic E-state index is 5.01. The first-order valence-electron chi connectivity index (χ1n) is 3.96. The summed E-state index contributed by atoms with van der Waals surface area (Å²) in [6.07, 6.45) is 0. The van der Waals surface area contributed by atoms with Gasteiger partial charge in [0, 0.05) is 12.1 Å². The van der Waals surface area contributed by atoms with Crippen LogP contribution < -0.4 is 10.1 Å². The Balaban J connectivity index is 2.86. The maximum absolute atomic E-state index is 5.01. The van der Waals surface area contributed by atoms with Gasteiger partial charge in [-0.2, -0.15) is 0 Å². The summed E-state index contributed by atoms with van der Waals surface area (Å²) in [5, 5.41) is 3.11. The molecule has 3 heteroatoms. The van der Waals surface area contributed by atoms with Crippen LogP contribution in [-0.2, 0) is 0 Å². The molecule has 1 N–H and O–H groups in total. The van der Waals surface area contributed by atoms with Gasteiger partial charge in [0.2, 0.25) is 5.88 Å². The lowest BCUT2D eigenvalue weighted by Gasteiger charge is -2.09. The van der Waals surface area contributed by atoms with Gasteiger partial charge in [-0.3, -0.25) is 0 Å². The van der Waals surface area contributed by atoms with Gasteiger partial charge >= 0.3 is 0 Å². The highest BCUT2D eigenvalue weighted by atomic mass is 16.5. The summed E-state index contributed by atoms with van der Waals surface area (Å²) in [6.45, 7) is 2.06. The molecule has 1 heterocycles. The Labute approximate surface area is 72.8 Å². The van der Waals surface area contributed by atoms with Crippen molar-refractivity contribution in [2.24, 2.45) is 0 Å². The number of rotatable bonds is 3. The van der Waals surface area contributed by atoms with Crippen LogP contribution in [0.15, 0.2) is 18.2 Å². The van der Waals surface area contributed by atoms with E-state index in [2.05, 4.69) is 17.2 Å². The van der Waals surface area contributed by atoms with Crippen molar-refractivity contribution in [3.63, 3.8) is 0 Å². The van der Waals surface area contributed by atoms with Crippen molar-refractivity contribution >= 4 is 0 Å². The molecule has 1 aromatic heterocycles. The average molecular weight is 166 g/mol. The second-order valence-electron chi connectivity index (χ2n) is 2.62. The van der Waals surface area contributed by atoms with Crippen molar-refractivity contribution in [2.75, 3.05) is 14.2 Å². The molecule has 1 rings (SSSR count). The van der Waals surface area contributed by atoms with E-state index in [1.54, 1.807) is 7.11 Å². The predicted molar refractivity (Wildman–Crippen MR) is 48.3 cm³/mol. The Kier molecular flexibility index (Phi) is 3.05. The molecule has 0 radical (unpaired) electrons. The molecular weight excluding hydrogens is 152 g/mol. The Morgan fingerprint density at radius 3 is 2.83 bits per heavy atom. The molecule has 1 atom stereocenters. The Bertz CT molecular complexity index is 250. The fourth-order valence-electron chi connectivity index (χ4n) is 0.934. The quantitative estimate of drug-likeness (QED) is 0.736. The van der Waals surface area contributed by atoms with E-state index in [1.807, 2.05) is 25.2 Å². The van der Waals surface area contributed by atoms with Crippen LogP contribution in [-0.4, -0.2) is 19.1 Å². The zero-order chi connectivity index (χ0) is 8.97. The minimum Gasteiger partial charge on any atom is -0.481 e. The standard InChI is InChI=1S/C9H14N2O/c1-7(10-2)8-5-4-6-9(11-8)12-3/h4-7,10H,1-3H3/t7-/m0/s1. The highest BCUT2D eigenvalue weighted by molar-refractivity contribution is 5.17. The lowest BCUT2D eigenvalue weighted by atomic mass is 10.2. The number of aromatic nitrogens is 1. The minimum atomic E-state index is 0.264. The van der Waals surface area contributed by atoms with Crippen molar-refractivity contribution in [2.45, 2.75) is 13.0 Å². The van der Waals surface area contributed by atoms with Crippen LogP contribution in [0, 0.1) is 0 Å². The fourth-order valence-corrected chi connectivity index (χ4v) is 0.934. The molecule has 66 valence electrons. The van der Waals surface area contributed by atoms with Crippen LogP contribution in [0.25, 0.3) is 0 Å². The lowest BCUT2D eigenvalue weighted by Crippen LogP contribution is -2.13. The summed E-state index contributed by atoms with van der Waals surface area (Å²) in [4.78, 5) is 4.28. The Hall–Kier alpha value is -1.09. The van der Waals surface area contributed by atoms with E-state index < -0.39 is 0 Å². The number of hydrogen-bond acceptors (Lipinski definition) is 3. The number of hydrogen-bond donors (Lipinski definition) is 1. The van der Waals surface area contributed by atoms with Crippen LogP contribution in [0.1, 0.15) is 18.7 Å². The molecule has 0 aromatic carbocycles. The third-order valence-electron chi connectivity index (χ3n) is 1.83. The van der Waals surface area contributed by atoms with Gasteiger partial charge in [-0.05, 0) is 20.0 Å². The second-order valence-corrected chi connectivity index (χ2v) is 2.62. The molecule has 1 aromatic rings. The molecule has 0 aliphatic rings. The first-order valence-corrected chi connectivity index (χ1v) is 3.96. The van der Waals surface area contributed by atoms with Crippen molar-refractivity contribution in [3.05, 3.63) is 23.9 Å². The van der Waals surface area contributed by atoms with E-state index in [-0.39, 0.29) is 6.04 Å². The van der Waals surface area contributed by atoms with Crippen LogP contribution in [0.5, 0.6) is 5.88 Å². The number of nitrogens with zero attached hydrogens (tertiary/aromatic N) is 1. The van der Waals surface area contributed by atoms with E-state index in [0.717, 1.165) is 5.69 Å². The molecular formula is C9H14N2O. The first kappa shape index (κ1) is 9.00. The van der Waals surface area contributed by atoms with Gasteiger partial charge in [0.25, 0.3) is 0 Å². The fraction of sp³-hybridized carbons (Fsp3) is 0.444. The highest BCUT2D eigenvalue weighted by Gasteiger charge is 2.03. The number of nitrogens with one attached hydrogen (secondary N) is 1. The van der Waals surface area contributed by atoms with Crippen molar-refractivity contribution in [3.8, 4) is 5.88 Å². The average Bonchev–Trinajstić information content (AvgIpc) is 2.17. The topological polar surface area (TPSA) is 34.1 Å². The van der Waals surface area contributed by atoms with Gasteiger partial charge in [0.15, 0.2) is 0 Å². The number of ether oxygens (including phenoxy) is 1. The highest BCUT2D eigenvalue weighted by Crippen LogP contribution is 2.12. The molecule has 0 aliphatic carbocycles. The van der Waals surface area contributed by atoms with Gasteiger partial charge in [-0.15, -0.1) is 0 Å². The molecule has 0 amide bonds. The molecule has 0 bridgehead atoms. The molecule has 0 unspecified atom stereocenters. The lowest BCUT2D eigenvalue weighted by molar-refractivity contribution is 0.394. The zero-order valence-electron chi connectivity index (χ0n) is 7.66. The summed E-state index contributed by atoms with van der Waals surface area (Å²) in [7, 11) is 3.53.